The van der Waals surface area contributed by atoms with E-state index < -0.39 is 15.9 Å². The van der Waals surface area contributed by atoms with Crippen LogP contribution in [0, 0.1) is 0 Å². The molecule has 0 bridgehead atoms. The maximum Gasteiger partial charge on any atom is 0.265 e. The van der Waals surface area contributed by atoms with Crippen LogP contribution in [0.15, 0.2) is 23.6 Å². The Hall–Kier alpha value is -2.63. The van der Waals surface area contributed by atoms with E-state index in [0.29, 0.717) is 39.8 Å². The number of sulfone groups is 1. The van der Waals surface area contributed by atoms with Crippen LogP contribution in [0.2, 0.25) is 0 Å². The molecule has 1 aromatic carbocycles. The Bertz CT molecular complexity index is 1110. The van der Waals surface area contributed by atoms with Crippen LogP contribution in [-0.2, 0) is 25.9 Å². The molecule has 0 saturated carbocycles. The molecule has 1 N–H and O–H groups in total. The van der Waals surface area contributed by atoms with Crippen LogP contribution in [0.4, 0.5) is 5.69 Å². The summed E-state index contributed by atoms with van der Waals surface area (Å²) < 4.78 is 40.3. The quantitative estimate of drug-likeness (QED) is 0.554. The summed E-state index contributed by atoms with van der Waals surface area (Å²) in [6, 6.07) is 4.41. The lowest BCUT2D eigenvalue weighted by molar-refractivity contribution is -0.119. The number of hydrogen-bond donors (Lipinski definition) is 1. The van der Waals surface area contributed by atoms with Crippen LogP contribution < -0.4 is 14.8 Å². The van der Waals surface area contributed by atoms with E-state index in [0.717, 1.165) is 6.26 Å². The van der Waals surface area contributed by atoms with Gasteiger partial charge in [-0.3, -0.25) is 9.59 Å². The van der Waals surface area contributed by atoms with Crippen LogP contribution in [0.3, 0.4) is 0 Å². The molecule has 174 valence electrons. The zero-order valence-electron chi connectivity index (χ0n) is 18.3. The highest BCUT2D eigenvalue weighted by Crippen LogP contribution is 2.41. The van der Waals surface area contributed by atoms with E-state index in [1.807, 2.05) is 6.92 Å². The lowest BCUT2D eigenvalue weighted by Gasteiger charge is -2.28. The summed E-state index contributed by atoms with van der Waals surface area (Å²) in [6.45, 7) is 2.31. The van der Waals surface area contributed by atoms with Crippen LogP contribution in [0.1, 0.15) is 33.8 Å². The van der Waals surface area contributed by atoms with Gasteiger partial charge in [-0.1, -0.05) is 6.07 Å². The highest BCUT2D eigenvalue weighted by Gasteiger charge is 2.38. The number of methoxy groups -OCH3 is 2. The number of anilines is 1. The van der Waals surface area contributed by atoms with Gasteiger partial charge in [0.1, 0.15) is 16.4 Å². The van der Waals surface area contributed by atoms with Crippen LogP contribution in [0.25, 0.3) is 0 Å². The predicted octanol–water partition coefficient (Wildman–Crippen LogP) is 2.48. The molecule has 0 saturated heterocycles. The molecule has 32 heavy (non-hydrogen) atoms. The van der Waals surface area contributed by atoms with Gasteiger partial charge in [0.15, 0.2) is 11.5 Å². The molecule has 1 aliphatic rings. The second kappa shape index (κ2) is 9.88. The third-order valence-electron chi connectivity index (χ3n) is 4.94. The van der Waals surface area contributed by atoms with Crippen molar-refractivity contribution in [2.45, 2.75) is 19.5 Å². The van der Waals surface area contributed by atoms with Gasteiger partial charge in [0, 0.05) is 24.3 Å². The lowest BCUT2D eigenvalue weighted by atomic mass is 10.1. The highest BCUT2D eigenvalue weighted by atomic mass is 32.2. The van der Waals surface area contributed by atoms with Crippen molar-refractivity contribution in [1.82, 2.24) is 4.90 Å². The van der Waals surface area contributed by atoms with Gasteiger partial charge in [-0.25, -0.2) is 8.42 Å². The normalized spacial score (nSPS) is 14.2. The Kier molecular flexibility index (Phi) is 7.42. The number of ether oxygens (including phenoxy) is 3. The van der Waals surface area contributed by atoms with Crippen LogP contribution in [0.5, 0.6) is 11.5 Å². The van der Waals surface area contributed by atoms with Gasteiger partial charge >= 0.3 is 0 Å². The largest absolute Gasteiger partial charge is 0.493 e. The van der Waals surface area contributed by atoms with Gasteiger partial charge in [-0.2, -0.15) is 0 Å². The summed E-state index contributed by atoms with van der Waals surface area (Å²) in [5.74, 6) is 0.128. The molecule has 2 heterocycles. The van der Waals surface area contributed by atoms with Crippen molar-refractivity contribution in [3.63, 3.8) is 0 Å². The highest BCUT2D eigenvalue weighted by molar-refractivity contribution is 7.90. The van der Waals surface area contributed by atoms with Crippen molar-refractivity contribution >= 4 is 38.7 Å². The summed E-state index contributed by atoms with van der Waals surface area (Å²) in [6.07, 6.45) is 1.14. The van der Waals surface area contributed by atoms with Crippen molar-refractivity contribution in [3.05, 3.63) is 39.6 Å². The van der Waals surface area contributed by atoms with Gasteiger partial charge < -0.3 is 24.4 Å². The number of carbonyl (C=O) groups excluding carboxylic acids is 2. The molecule has 1 unspecified atom stereocenters. The smallest absolute Gasteiger partial charge is 0.265 e. The van der Waals surface area contributed by atoms with Gasteiger partial charge in [0.25, 0.3) is 5.91 Å². The maximum atomic E-state index is 13.2. The molecule has 0 radical (unpaired) electrons. The Labute approximate surface area is 191 Å². The molecular formula is C21H26N2O7S2. The summed E-state index contributed by atoms with van der Waals surface area (Å²) in [4.78, 5) is 27.1. The number of fused-ring (bicyclic) bond motifs is 1. The minimum Gasteiger partial charge on any atom is -0.493 e. The van der Waals surface area contributed by atoms with Gasteiger partial charge in [-0.05, 0) is 24.6 Å². The van der Waals surface area contributed by atoms with Crippen molar-refractivity contribution < 1.29 is 32.2 Å². The number of hydrogen-bond acceptors (Lipinski definition) is 8. The number of carbonyl (C=O) groups is 2. The van der Waals surface area contributed by atoms with Gasteiger partial charge in [0.2, 0.25) is 5.91 Å². The van der Waals surface area contributed by atoms with Crippen molar-refractivity contribution in [3.8, 4) is 11.5 Å². The molecule has 2 amide bonds. The second-order valence-corrected chi connectivity index (χ2v) is 10.4. The van der Waals surface area contributed by atoms with E-state index in [1.54, 1.807) is 23.6 Å². The van der Waals surface area contributed by atoms with Crippen molar-refractivity contribution in [2.24, 2.45) is 0 Å². The molecule has 11 heteroatoms. The summed E-state index contributed by atoms with van der Waals surface area (Å²) in [5, 5.41) is 4.45. The fourth-order valence-corrected chi connectivity index (χ4v) is 5.50. The van der Waals surface area contributed by atoms with E-state index in [1.165, 1.54) is 30.5 Å². The monoisotopic (exact) mass is 482 g/mol. The fraction of sp³-hybridized carbons (Fsp3) is 0.429. The van der Waals surface area contributed by atoms with Crippen LogP contribution >= 0.6 is 11.3 Å². The molecule has 0 fully saturated rings. The molecule has 9 nitrogen and oxygen atoms in total. The Morgan fingerprint density at radius 3 is 2.66 bits per heavy atom. The molecule has 0 aliphatic carbocycles. The van der Waals surface area contributed by atoms with E-state index in [9.17, 15) is 18.0 Å². The molecule has 3 rings (SSSR count). The fourth-order valence-electron chi connectivity index (χ4n) is 3.59. The first kappa shape index (κ1) is 24.0. The Morgan fingerprint density at radius 1 is 1.28 bits per heavy atom. The van der Waals surface area contributed by atoms with Crippen molar-refractivity contribution in [2.75, 3.05) is 44.8 Å². The Morgan fingerprint density at radius 2 is 2.03 bits per heavy atom. The molecule has 1 aromatic heterocycles. The molecule has 2 aromatic rings. The average Bonchev–Trinajstić information content (AvgIpc) is 3.26. The summed E-state index contributed by atoms with van der Waals surface area (Å²) >= 11 is 1.22. The van der Waals surface area contributed by atoms with E-state index in [-0.39, 0.29) is 30.7 Å². The number of thiophene rings is 1. The number of nitrogens with zero attached hydrogens (tertiary/aromatic N) is 1. The topological polar surface area (TPSA) is 111 Å². The number of rotatable bonds is 10. The number of amides is 2. The summed E-state index contributed by atoms with van der Waals surface area (Å²) in [5.41, 5.74) is 1.82. The average molecular weight is 483 g/mol. The number of benzene rings is 1. The zero-order chi connectivity index (χ0) is 23.5. The second-order valence-electron chi connectivity index (χ2n) is 7.32. The Balaban J connectivity index is 1.97. The standard InChI is InChI=1S/C21H26N2O7S2/c1-5-30-18-8-13(6-7-17(18)29-3)16(12-32(4,26)27)23-9-14-15(22-19(24)10-28-2)11-31-20(14)21(23)25/h6-8,11,16H,5,9-10,12H2,1-4H3,(H,22,24). The third kappa shape index (κ3) is 5.22. The first-order valence-electron chi connectivity index (χ1n) is 9.87. The minimum absolute atomic E-state index is 0.106. The SMILES string of the molecule is CCOc1cc(C(CS(C)(=O)=O)N2Cc3c(NC(=O)COC)csc3C2=O)ccc1OC. The minimum atomic E-state index is -3.43. The zero-order valence-corrected chi connectivity index (χ0v) is 20.0. The first-order chi connectivity index (χ1) is 15.2. The van der Waals surface area contributed by atoms with Crippen molar-refractivity contribution in [1.29, 1.82) is 0 Å². The first-order valence-corrected chi connectivity index (χ1v) is 12.8. The van der Waals surface area contributed by atoms with E-state index in [2.05, 4.69) is 5.32 Å². The predicted molar refractivity (Wildman–Crippen MR) is 121 cm³/mol. The van der Waals surface area contributed by atoms with Crippen LogP contribution in [-0.4, -0.2) is 64.6 Å². The lowest BCUT2D eigenvalue weighted by Crippen LogP contribution is -2.33. The maximum absolute atomic E-state index is 13.2. The third-order valence-corrected chi connectivity index (χ3v) is 6.87. The van der Waals surface area contributed by atoms with E-state index in [4.69, 9.17) is 14.2 Å². The van der Waals surface area contributed by atoms with E-state index >= 15 is 0 Å². The molecular weight excluding hydrogens is 456 g/mol. The molecule has 1 aliphatic heterocycles. The van der Waals surface area contributed by atoms with Gasteiger partial charge in [0.05, 0.1) is 42.6 Å². The summed E-state index contributed by atoms with van der Waals surface area (Å²) in [7, 11) is -0.487. The van der Waals surface area contributed by atoms with Gasteiger partial charge in [-0.15, -0.1) is 11.3 Å². The number of nitrogens with one attached hydrogen (secondary N) is 1. The molecule has 1 atom stereocenters. The molecule has 0 spiro atoms.